The van der Waals surface area contributed by atoms with E-state index in [-0.39, 0.29) is 12.3 Å². The lowest BCUT2D eigenvalue weighted by Gasteiger charge is -2.37. The summed E-state index contributed by atoms with van der Waals surface area (Å²) in [5.41, 5.74) is 0.190. The lowest BCUT2D eigenvalue weighted by molar-refractivity contribution is 0.0711. The highest BCUT2D eigenvalue weighted by atomic mass is 19.3. The number of hydrogen-bond donors (Lipinski definition) is 1. The van der Waals surface area contributed by atoms with Crippen LogP contribution in [0.2, 0.25) is 0 Å². The predicted octanol–water partition coefficient (Wildman–Crippen LogP) is 2.39. The highest BCUT2D eigenvalue weighted by Crippen LogP contribution is 2.65. The summed E-state index contributed by atoms with van der Waals surface area (Å²) in [4.78, 5) is 18.4. The van der Waals surface area contributed by atoms with Crippen LogP contribution in [-0.4, -0.2) is 53.2 Å². The normalized spacial score (nSPS) is 29.7. The summed E-state index contributed by atoms with van der Waals surface area (Å²) < 4.78 is 26.8. The summed E-state index contributed by atoms with van der Waals surface area (Å²) in [6, 6.07) is 3.79. The predicted molar refractivity (Wildman–Crippen MR) is 75.4 cm³/mol. The van der Waals surface area contributed by atoms with Crippen molar-refractivity contribution < 1.29 is 18.7 Å². The van der Waals surface area contributed by atoms with Crippen molar-refractivity contribution in [3.63, 3.8) is 0 Å². The lowest BCUT2D eigenvalue weighted by Crippen LogP contribution is -2.47. The highest BCUT2D eigenvalue weighted by molar-refractivity contribution is 5.66. The Balaban J connectivity index is 1.40. The van der Waals surface area contributed by atoms with Crippen molar-refractivity contribution in [2.45, 2.75) is 24.7 Å². The van der Waals surface area contributed by atoms with Crippen molar-refractivity contribution in [1.82, 2.24) is 9.88 Å². The van der Waals surface area contributed by atoms with E-state index in [2.05, 4.69) is 4.98 Å². The zero-order valence-corrected chi connectivity index (χ0v) is 12.0. The molecular formula is C15H17F2N3O2. The van der Waals surface area contributed by atoms with E-state index in [1.54, 1.807) is 6.20 Å². The molecule has 0 radical (unpaired) electrons. The van der Waals surface area contributed by atoms with E-state index in [0.29, 0.717) is 32.6 Å². The molecule has 22 heavy (non-hydrogen) atoms. The number of carbonyl (C=O) groups is 1. The van der Waals surface area contributed by atoms with Gasteiger partial charge in [0, 0.05) is 44.7 Å². The number of pyridine rings is 1. The maximum Gasteiger partial charge on any atom is 0.407 e. The molecule has 7 heteroatoms. The maximum absolute atomic E-state index is 13.4. The van der Waals surface area contributed by atoms with Crippen LogP contribution in [0.25, 0.3) is 0 Å². The molecular weight excluding hydrogens is 292 g/mol. The number of hydrogen-bond acceptors (Lipinski definition) is 3. The van der Waals surface area contributed by atoms with E-state index >= 15 is 0 Å². The molecule has 1 spiro atoms. The Bertz CT molecular complexity index is 616. The maximum atomic E-state index is 13.4. The fraction of sp³-hybridized carbons (Fsp3) is 0.600. The second kappa shape index (κ2) is 4.30. The second-order valence-corrected chi connectivity index (χ2v) is 6.67. The number of nitrogens with zero attached hydrogens (tertiary/aromatic N) is 3. The molecule has 1 aromatic heterocycles. The van der Waals surface area contributed by atoms with Crippen molar-refractivity contribution in [2.75, 3.05) is 31.1 Å². The molecule has 1 aromatic rings. The lowest BCUT2D eigenvalue weighted by atomic mass is 9.93. The van der Waals surface area contributed by atoms with E-state index in [1.165, 1.54) is 4.90 Å². The number of rotatable bonds is 2. The molecule has 3 aliphatic rings. The van der Waals surface area contributed by atoms with E-state index in [1.807, 2.05) is 17.0 Å². The van der Waals surface area contributed by atoms with Gasteiger partial charge in [-0.3, -0.25) is 0 Å². The van der Waals surface area contributed by atoms with Gasteiger partial charge in [-0.25, -0.2) is 18.6 Å². The van der Waals surface area contributed by atoms with Crippen LogP contribution >= 0.6 is 0 Å². The van der Waals surface area contributed by atoms with Gasteiger partial charge in [0.15, 0.2) is 0 Å². The Kier molecular flexibility index (Phi) is 2.68. The van der Waals surface area contributed by atoms with Crippen LogP contribution in [0.5, 0.6) is 0 Å². The monoisotopic (exact) mass is 309 g/mol. The topological polar surface area (TPSA) is 56.7 Å². The van der Waals surface area contributed by atoms with Crippen LogP contribution in [0.15, 0.2) is 18.3 Å². The van der Waals surface area contributed by atoms with Crippen LogP contribution < -0.4 is 4.90 Å². The zero-order chi connectivity index (χ0) is 15.5. The minimum Gasteiger partial charge on any atom is -0.465 e. The molecule has 3 fully saturated rings. The van der Waals surface area contributed by atoms with Gasteiger partial charge in [-0.15, -0.1) is 0 Å². The molecule has 1 atom stereocenters. The summed E-state index contributed by atoms with van der Waals surface area (Å²) in [7, 11) is 0. The van der Waals surface area contributed by atoms with Crippen molar-refractivity contribution in [2.24, 2.45) is 5.41 Å². The first-order chi connectivity index (χ1) is 10.4. The molecule has 5 nitrogen and oxygen atoms in total. The van der Waals surface area contributed by atoms with Gasteiger partial charge in [0.2, 0.25) is 0 Å². The Hall–Kier alpha value is -1.92. The average Bonchev–Trinajstić information content (AvgIpc) is 2.77. The first kappa shape index (κ1) is 13.7. The van der Waals surface area contributed by atoms with Gasteiger partial charge in [-0.05, 0) is 18.1 Å². The molecule has 1 saturated carbocycles. The summed E-state index contributed by atoms with van der Waals surface area (Å²) in [6.45, 7) is 1.99. The molecule has 1 unspecified atom stereocenters. The summed E-state index contributed by atoms with van der Waals surface area (Å²) in [6.07, 6.45) is 1.38. The number of likely N-dealkylation sites (tertiary alicyclic amines) is 1. The molecule has 0 aromatic carbocycles. The number of alkyl halides is 2. The third-order valence-corrected chi connectivity index (χ3v) is 5.28. The van der Waals surface area contributed by atoms with E-state index in [4.69, 9.17) is 5.11 Å². The largest absolute Gasteiger partial charge is 0.465 e. The molecule has 1 amide bonds. The SMILES string of the molecule is O=C(O)N1CC(c2ccc(N3CCC4(C3)CC4(F)F)nc2)C1. The summed E-state index contributed by atoms with van der Waals surface area (Å²) in [5, 5.41) is 8.83. The Morgan fingerprint density at radius 2 is 2.09 bits per heavy atom. The van der Waals surface area contributed by atoms with Crippen LogP contribution in [0, 0.1) is 5.41 Å². The van der Waals surface area contributed by atoms with Crippen molar-refractivity contribution in [3.8, 4) is 0 Å². The number of halogens is 2. The fourth-order valence-electron chi connectivity index (χ4n) is 3.56. The first-order valence-electron chi connectivity index (χ1n) is 7.47. The molecule has 2 aliphatic heterocycles. The van der Waals surface area contributed by atoms with Gasteiger partial charge in [-0.2, -0.15) is 0 Å². The molecule has 1 N–H and O–H groups in total. The third kappa shape index (κ3) is 1.94. The number of carboxylic acid groups (broad SMARTS) is 1. The van der Waals surface area contributed by atoms with Gasteiger partial charge in [0.05, 0.1) is 5.41 Å². The Labute approximate surface area is 126 Å². The smallest absolute Gasteiger partial charge is 0.407 e. The van der Waals surface area contributed by atoms with Crippen LogP contribution in [0.1, 0.15) is 24.3 Å². The van der Waals surface area contributed by atoms with E-state index in [0.717, 1.165) is 11.4 Å². The van der Waals surface area contributed by atoms with E-state index < -0.39 is 17.4 Å². The summed E-state index contributed by atoms with van der Waals surface area (Å²) >= 11 is 0. The fourth-order valence-corrected chi connectivity index (χ4v) is 3.56. The van der Waals surface area contributed by atoms with Crippen molar-refractivity contribution in [1.29, 1.82) is 0 Å². The average molecular weight is 309 g/mol. The number of aromatic nitrogens is 1. The van der Waals surface area contributed by atoms with Gasteiger partial charge in [0.25, 0.3) is 5.92 Å². The van der Waals surface area contributed by atoms with Crippen LogP contribution in [0.4, 0.5) is 19.4 Å². The molecule has 118 valence electrons. The molecule has 4 rings (SSSR count). The van der Waals surface area contributed by atoms with Gasteiger partial charge < -0.3 is 14.9 Å². The van der Waals surface area contributed by atoms with Crippen molar-refractivity contribution in [3.05, 3.63) is 23.9 Å². The molecule has 3 heterocycles. The quantitative estimate of drug-likeness (QED) is 0.911. The number of amides is 1. The Morgan fingerprint density at radius 3 is 2.59 bits per heavy atom. The summed E-state index contributed by atoms with van der Waals surface area (Å²) in [5.74, 6) is -1.58. The minimum atomic E-state index is -2.51. The molecule has 2 saturated heterocycles. The zero-order valence-electron chi connectivity index (χ0n) is 12.0. The Morgan fingerprint density at radius 1 is 1.36 bits per heavy atom. The second-order valence-electron chi connectivity index (χ2n) is 6.67. The number of anilines is 1. The van der Waals surface area contributed by atoms with Crippen LogP contribution in [0.3, 0.4) is 0 Å². The van der Waals surface area contributed by atoms with Gasteiger partial charge in [0.1, 0.15) is 5.82 Å². The molecule has 1 aliphatic carbocycles. The standard InChI is InChI=1S/C15H17F2N3O2/c16-15(17)8-14(15)3-4-19(9-14)12-2-1-10(5-18-12)11-6-20(7-11)13(21)22/h1-2,5,11H,3-4,6-9H2,(H,21,22). The van der Waals surface area contributed by atoms with E-state index in [9.17, 15) is 13.6 Å². The molecule has 0 bridgehead atoms. The van der Waals surface area contributed by atoms with Crippen LogP contribution in [-0.2, 0) is 0 Å². The van der Waals surface area contributed by atoms with Gasteiger partial charge >= 0.3 is 6.09 Å². The minimum absolute atomic E-state index is 0.00167. The van der Waals surface area contributed by atoms with Crippen molar-refractivity contribution >= 4 is 11.9 Å². The highest BCUT2D eigenvalue weighted by Gasteiger charge is 2.72. The first-order valence-corrected chi connectivity index (χ1v) is 7.47. The third-order valence-electron chi connectivity index (χ3n) is 5.28. The van der Waals surface area contributed by atoms with Gasteiger partial charge in [-0.1, -0.05) is 6.07 Å².